The Kier molecular flexibility index (Phi) is 3.49. The third-order valence-electron chi connectivity index (χ3n) is 3.50. The summed E-state index contributed by atoms with van der Waals surface area (Å²) >= 11 is 0. The summed E-state index contributed by atoms with van der Waals surface area (Å²) in [6.07, 6.45) is 1.82. The van der Waals surface area contributed by atoms with Gasteiger partial charge in [-0.2, -0.15) is 0 Å². The number of nitrogens with zero attached hydrogens (tertiary/aromatic N) is 1. The predicted molar refractivity (Wildman–Crippen MR) is 88.5 cm³/mol. The van der Waals surface area contributed by atoms with Crippen molar-refractivity contribution in [3.05, 3.63) is 60.8 Å². The smallest absolute Gasteiger partial charge is 0.236 e. The Morgan fingerprint density at radius 3 is 2.36 bits per heavy atom. The zero-order chi connectivity index (χ0) is 15.7. The molecule has 0 unspecified atom stereocenters. The minimum absolute atomic E-state index is 0.0826. The number of aromatic nitrogens is 1. The van der Waals surface area contributed by atoms with Crippen LogP contribution in [0.25, 0.3) is 10.9 Å². The van der Waals surface area contributed by atoms with Crippen LogP contribution in [-0.4, -0.2) is 10.5 Å². The maximum Gasteiger partial charge on any atom is 0.236 e. The van der Waals surface area contributed by atoms with Crippen LogP contribution in [0.1, 0.15) is 25.6 Å². The minimum atomic E-state index is -0.412. The zero-order valence-corrected chi connectivity index (χ0v) is 13.0. The highest BCUT2D eigenvalue weighted by molar-refractivity contribution is 5.95. The van der Waals surface area contributed by atoms with E-state index in [1.165, 1.54) is 0 Å². The first-order chi connectivity index (χ1) is 10.4. The molecular weight excluding hydrogens is 274 g/mol. The molecule has 22 heavy (non-hydrogen) atoms. The van der Waals surface area contributed by atoms with Gasteiger partial charge in [0, 0.05) is 17.0 Å². The molecule has 0 fully saturated rings. The summed E-state index contributed by atoms with van der Waals surface area (Å²) in [6, 6.07) is 17.4. The van der Waals surface area contributed by atoms with Gasteiger partial charge in [0.05, 0.1) is 5.52 Å². The Hall–Kier alpha value is -2.55. The van der Waals surface area contributed by atoms with Crippen molar-refractivity contribution in [1.29, 1.82) is 0 Å². The molecule has 2 aromatic carbocycles. The fourth-order valence-electron chi connectivity index (χ4n) is 2.35. The average molecular weight is 293 g/mol. The van der Waals surface area contributed by atoms with Crippen molar-refractivity contribution >= 4 is 16.8 Å². The van der Waals surface area contributed by atoms with Crippen LogP contribution in [0, 0.1) is 5.41 Å². The van der Waals surface area contributed by atoms with Crippen molar-refractivity contribution in [1.82, 2.24) is 4.57 Å². The van der Waals surface area contributed by atoms with E-state index in [-0.39, 0.29) is 5.91 Å². The second-order valence-corrected chi connectivity index (χ2v) is 6.38. The van der Waals surface area contributed by atoms with Gasteiger partial charge in [-0.1, -0.05) is 39.0 Å². The molecule has 0 atom stereocenters. The molecule has 3 aromatic rings. The third kappa shape index (κ3) is 2.75. The molecule has 3 nitrogen and oxygen atoms in total. The Labute approximate surface area is 130 Å². The molecule has 0 spiro atoms. The van der Waals surface area contributed by atoms with E-state index in [1.807, 2.05) is 81.6 Å². The van der Waals surface area contributed by atoms with E-state index in [9.17, 15) is 4.79 Å². The third-order valence-corrected chi connectivity index (χ3v) is 3.50. The fraction of sp³-hybridized carbons (Fsp3) is 0.211. The lowest BCUT2D eigenvalue weighted by molar-refractivity contribution is 0.0772. The van der Waals surface area contributed by atoms with Gasteiger partial charge in [0.1, 0.15) is 11.5 Å². The number of para-hydroxylation sites is 1. The van der Waals surface area contributed by atoms with Crippen LogP contribution >= 0.6 is 0 Å². The van der Waals surface area contributed by atoms with Gasteiger partial charge in [-0.3, -0.25) is 9.36 Å². The van der Waals surface area contributed by atoms with Crippen LogP contribution in [-0.2, 0) is 0 Å². The molecule has 0 saturated heterocycles. The van der Waals surface area contributed by atoms with E-state index in [1.54, 1.807) is 4.57 Å². The highest BCUT2D eigenvalue weighted by atomic mass is 16.5. The monoisotopic (exact) mass is 293 g/mol. The first-order valence-electron chi connectivity index (χ1n) is 7.34. The van der Waals surface area contributed by atoms with E-state index >= 15 is 0 Å². The van der Waals surface area contributed by atoms with Crippen LogP contribution in [0.4, 0.5) is 0 Å². The molecule has 0 aliphatic rings. The van der Waals surface area contributed by atoms with Crippen LogP contribution in [0.5, 0.6) is 11.5 Å². The first-order valence-corrected chi connectivity index (χ1v) is 7.34. The summed E-state index contributed by atoms with van der Waals surface area (Å²) in [7, 11) is 0. The molecule has 3 rings (SSSR count). The van der Waals surface area contributed by atoms with Crippen LogP contribution in [0.15, 0.2) is 60.8 Å². The Bertz CT molecular complexity index is 810. The minimum Gasteiger partial charge on any atom is -0.457 e. The van der Waals surface area contributed by atoms with E-state index in [0.29, 0.717) is 0 Å². The van der Waals surface area contributed by atoms with Gasteiger partial charge < -0.3 is 4.74 Å². The maximum atomic E-state index is 12.4. The van der Waals surface area contributed by atoms with Crippen molar-refractivity contribution < 1.29 is 9.53 Å². The summed E-state index contributed by atoms with van der Waals surface area (Å²) in [5.41, 5.74) is 0.492. The topological polar surface area (TPSA) is 31.2 Å². The predicted octanol–water partition coefficient (Wildman–Crippen LogP) is 5.12. The van der Waals surface area contributed by atoms with Gasteiger partial charge in [0.15, 0.2) is 0 Å². The molecule has 0 radical (unpaired) electrons. The zero-order valence-electron chi connectivity index (χ0n) is 13.0. The second-order valence-electron chi connectivity index (χ2n) is 6.38. The van der Waals surface area contributed by atoms with E-state index < -0.39 is 5.41 Å². The second kappa shape index (κ2) is 5.34. The lowest BCUT2D eigenvalue weighted by Crippen LogP contribution is -2.25. The van der Waals surface area contributed by atoms with Gasteiger partial charge in [0.2, 0.25) is 5.91 Å². The summed E-state index contributed by atoms with van der Waals surface area (Å²) in [5.74, 6) is 1.64. The van der Waals surface area contributed by atoms with Gasteiger partial charge in [-0.05, 0) is 36.4 Å². The molecule has 3 heteroatoms. The van der Waals surface area contributed by atoms with Gasteiger partial charge in [0.25, 0.3) is 0 Å². The lowest BCUT2D eigenvalue weighted by Gasteiger charge is -2.17. The number of fused-ring (bicyclic) bond motifs is 1. The number of rotatable bonds is 2. The highest BCUT2D eigenvalue weighted by Gasteiger charge is 2.24. The van der Waals surface area contributed by atoms with Gasteiger partial charge in [-0.25, -0.2) is 0 Å². The molecule has 0 bridgehead atoms. The van der Waals surface area contributed by atoms with Gasteiger partial charge >= 0.3 is 0 Å². The number of ether oxygens (including phenoxy) is 1. The van der Waals surface area contributed by atoms with Crippen molar-refractivity contribution in [3.8, 4) is 11.5 Å². The molecular formula is C19H19NO2. The Morgan fingerprint density at radius 2 is 1.68 bits per heavy atom. The molecule has 0 saturated carbocycles. The molecule has 0 N–H and O–H groups in total. The standard InChI is InChI=1S/C19H19NO2/c1-19(2,3)18(21)20-12-11-14-13-16(9-10-17(14)20)22-15-7-5-4-6-8-15/h4-13H,1-3H3. The van der Waals surface area contributed by atoms with Crippen molar-refractivity contribution in [2.45, 2.75) is 20.8 Å². The molecule has 1 heterocycles. The molecule has 0 amide bonds. The molecule has 0 aliphatic heterocycles. The van der Waals surface area contributed by atoms with Gasteiger partial charge in [-0.15, -0.1) is 0 Å². The summed E-state index contributed by atoms with van der Waals surface area (Å²) < 4.78 is 7.54. The number of hydrogen-bond acceptors (Lipinski definition) is 2. The van der Waals surface area contributed by atoms with Crippen molar-refractivity contribution in [2.24, 2.45) is 5.41 Å². The number of hydrogen-bond donors (Lipinski definition) is 0. The number of carbonyl (C=O) groups is 1. The van der Waals surface area contributed by atoms with Crippen LogP contribution in [0.2, 0.25) is 0 Å². The quantitative estimate of drug-likeness (QED) is 0.656. The number of benzene rings is 2. The SMILES string of the molecule is CC(C)(C)C(=O)n1ccc2cc(Oc3ccccc3)ccc21. The Balaban J connectivity index is 1.94. The summed E-state index contributed by atoms with van der Waals surface area (Å²) in [4.78, 5) is 12.4. The van der Waals surface area contributed by atoms with E-state index in [4.69, 9.17) is 4.74 Å². The normalized spacial score (nSPS) is 11.6. The van der Waals surface area contributed by atoms with Crippen molar-refractivity contribution in [3.63, 3.8) is 0 Å². The summed E-state index contributed by atoms with van der Waals surface area (Å²) in [5, 5.41) is 0.992. The van der Waals surface area contributed by atoms with E-state index in [2.05, 4.69) is 0 Å². The highest BCUT2D eigenvalue weighted by Crippen LogP contribution is 2.28. The van der Waals surface area contributed by atoms with Crippen molar-refractivity contribution in [2.75, 3.05) is 0 Å². The molecule has 112 valence electrons. The first kappa shape index (κ1) is 14.4. The average Bonchev–Trinajstić information content (AvgIpc) is 2.89. The van der Waals surface area contributed by atoms with Crippen LogP contribution in [0.3, 0.4) is 0 Å². The summed E-state index contributed by atoms with van der Waals surface area (Å²) in [6.45, 7) is 5.77. The fourth-order valence-corrected chi connectivity index (χ4v) is 2.35. The largest absolute Gasteiger partial charge is 0.457 e. The Morgan fingerprint density at radius 1 is 0.955 bits per heavy atom. The lowest BCUT2D eigenvalue weighted by atomic mass is 9.95. The number of carbonyl (C=O) groups excluding carboxylic acids is 1. The maximum absolute atomic E-state index is 12.4. The molecule has 0 aliphatic carbocycles. The van der Waals surface area contributed by atoms with E-state index in [0.717, 1.165) is 22.4 Å². The molecule has 1 aromatic heterocycles. The van der Waals surface area contributed by atoms with Crippen LogP contribution < -0.4 is 4.74 Å².